The van der Waals surface area contributed by atoms with Gasteiger partial charge in [-0.05, 0) is 85.4 Å². The van der Waals surface area contributed by atoms with Gasteiger partial charge in [-0.3, -0.25) is 0 Å². The molecule has 2 fully saturated rings. The maximum absolute atomic E-state index is 12.9. The summed E-state index contributed by atoms with van der Waals surface area (Å²) >= 11 is 0. The highest BCUT2D eigenvalue weighted by Gasteiger charge is 2.34. The second kappa shape index (κ2) is 11.9. The lowest BCUT2D eigenvalue weighted by molar-refractivity contribution is -0.274. The molecule has 3 N–H and O–H groups in total. The van der Waals surface area contributed by atoms with Gasteiger partial charge in [0, 0.05) is 5.69 Å². The van der Waals surface area contributed by atoms with E-state index in [1.165, 1.54) is 56.4 Å². The Labute approximate surface area is 214 Å². The predicted octanol–water partition coefficient (Wildman–Crippen LogP) is 7.53. The third kappa shape index (κ3) is 7.63. The quantitative estimate of drug-likeness (QED) is 0.353. The van der Waals surface area contributed by atoms with Gasteiger partial charge in [0.05, 0.1) is 11.6 Å². The molecule has 2 aliphatic carbocycles. The summed E-state index contributed by atoms with van der Waals surface area (Å²) in [6.45, 7) is 0. The molecule has 0 saturated heterocycles. The minimum absolute atomic E-state index is 0.175. The van der Waals surface area contributed by atoms with Gasteiger partial charge in [0.15, 0.2) is 0 Å². The van der Waals surface area contributed by atoms with Crippen LogP contribution in [0.4, 0.5) is 23.7 Å². The molecule has 2 aromatic rings. The molecule has 0 heterocycles. The van der Waals surface area contributed by atoms with Crippen molar-refractivity contribution >= 4 is 17.7 Å². The maximum atomic E-state index is 12.9. The number of hydrogen-bond acceptors (Lipinski definition) is 3. The minimum Gasteiger partial charge on any atom is -0.478 e. The first-order valence-corrected chi connectivity index (χ1v) is 12.9. The minimum atomic E-state index is -4.79. The summed E-state index contributed by atoms with van der Waals surface area (Å²) in [5.74, 6) is 0.328. The SMILES string of the molecule is O=C(Nc1ccc(OC(F)(F)F)cc1)NC(c1ccc(C(=O)O)cc1)[C@H]1CC[C@H](C2CCCCC2)CC1. The van der Waals surface area contributed by atoms with Gasteiger partial charge in [-0.1, -0.05) is 44.2 Å². The Balaban J connectivity index is 1.43. The number of aromatic carboxylic acids is 1. The van der Waals surface area contributed by atoms with E-state index in [9.17, 15) is 27.9 Å². The summed E-state index contributed by atoms with van der Waals surface area (Å²) < 4.78 is 41.1. The average Bonchev–Trinajstić information content (AvgIpc) is 2.88. The van der Waals surface area contributed by atoms with Gasteiger partial charge in [0.2, 0.25) is 0 Å². The molecule has 200 valence electrons. The van der Waals surface area contributed by atoms with E-state index in [-0.39, 0.29) is 23.3 Å². The maximum Gasteiger partial charge on any atom is 0.573 e. The Morgan fingerprint density at radius 2 is 1.43 bits per heavy atom. The lowest BCUT2D eigenvalue weighted by Crippen LogP contribution is -2.38. The molecule has 4 rings (SSSR count). The first-order valence-electron chi connectivity index (χ1n) is 12.9. The highest BCUT2D eigenvalue weighted by Crippen LogP contribution is 2.43. The largest absolute Gasteiger partial charge is 0.573 e. The number of amides is 2. The van der Waals surface area contributed by atoms with Crippen molar-refractivity contribution in [2.45, 2.75) is 70.2 Å². The molecule has 0 aliphatic heterocycles. The number of carboxylic acid groups (broad SMARTS) is 1. The van der Waals surface area contributed by atoms with Crippen molar-refractivity contribution in [1.29, 1.82) is 0 Å². The van der Waals surface area contributed by atoms with Crippen LogP contribution in [-0.2, 0) is 0 Å². The van der Waals surface area contributed by atoms with Crippen LogP contribution in [0.3, 0.4) is 0 Å². The van der Waals surface area contributed by atoms with E-state index in [0.717, 1.165) is 55.2 Å². The number of nitrogens with one attached hydrogen (secondary N) is 2. The first-order chi connectivity index (χ1) is 17.7. The highest BCUT2D eigenvalue weighted by atomic mass is 19.4. The van der Waals surface area contributed by atoms with Crippen molar-refractivity contribution in [2.24, 2.45) is 17.8 Å². The Morgan fingerprint density at radius 1 is 0.838 bits per heavy atom. The number of benzene rings is 2. The first kappa shape index (κ1) is 26.8. The molecule has 0 aromatic heterocycles. The number of alkyl halides is 3. The number of carboxylic acids is 1. The van der Waals surface area contributed by atoms with Crippen molar-refractivity contribution in [2.75, 3.05) is 5.32 Å². The fourth-order valence-corrected chi connectivity index (χ4v) is 5.91. The number of anilines is 1. The van der Waals surface area contributed by atoms with E-state index in [2.05, 4.69) is 15.4 Å². The topological polar surface area (TPSA) is 87.7 Å². The molecule has 2 saturated carbocycles. The molecule has 37 heavy (non-hydrogen) atoms. The summed E-state index contributed by atoms with van der Waals surface area (Å²) in [5, 5.41) is 15.0. The Kier molecular flexibility index (Phi) is 8.61. The van der Waals surface area contributed by atoms with E-state index < -0.39 is 18.4 Å². The normalized spacial score (nSPS) is 21.6. The third-order valence-electron chi connectivity index (χ3n) is 7.75. The molecule has 2 aromatic carbocycles. The van der Waals surface area contributed by atoms with Gasteiger partial charge in [-0.15, -0.1) is 13.2 Å². The molecule has 6 nitrogen and oxygen atoms in total. The van der Waals surface area contributed by atoms with E-state index in [1.54, 1.807) is 12.1 Å². The zero-order valence-corrected chi connectivity index (χ0v) is 20.6. The summed E-state index contributed by atoms with van der Waals surface area (Å²) in [7, 11) is 0. The summed E-state index contributed by atoms with van der Waals surface area (Å²) in [6, 6.07) is 10.7. The number of halogens is 3. The molecule has 1 unspecified atom stereocenters. The molecule has 1 atom stereocenters. The van der Waals surface area contributed by atoms with Gasteiger partial charge in [0.1, 0.15) is 5.75 Å². The fraction of sp³-hybridized carbons (Fsp3) is 0.500. The lowest BCUT2D eigenvalue weighted by atomic mass is 9.69. The van der Waals surface area contributed by atoms with E-state index in [1.807, 2.05) is 0 Å². The van der Waals surface area contributed by atoms with Crippen molar-refractivity contribution in [1.82, 2.24) is 5.32 Å². The van der Waals surface area contributed by atoms with Crippen LogP contribution in [0, 0.1) is 17.8 Å². The number of urea groups is 1. The van der Waals surface area contributed by atoms with Crippen LogP contribution in [0.15, 0.2) is 48.5 Å². The monoisotopic (exact) mass is 518 g/mol. The number of rotatable bonds is 7. The molecular weight excluding hydrogens is 485 g/mol. The molecular formula is C28H33F3N2O4. The molecule has 2 aliphatic rings. The Hall–Kier alpha value is -3.23. The van der Waals surface area contributed by atoms with Crippen LogP contribution >= 0.6 is 0 Å². The lowest BCUT2D eigenvalue weighted by Gasteiger charge is -2.38. The van der Waals surface area contributed by atoms with E-state index in [4.69, 9.17) is 0 Å². The number of hydrogen-bond donors (Lipinski definition) is 3. The number of carbonyl (C=O) groups is 2. The molecule has 9 heteroatoms. The van der Waals surface area contributed by atoms with Crippen LogP contribution in [0.1, 0.15) is 79.8 Å². The fourth-order valence-electron chi connectivity index (χ4n) is 5.91. The zero-order chi connectivity index (χ0) is 26.4. The number of carbonyl (C=O) groups excluding carboxylic acids is 1. The van der Waals surface area contributed by atoms with Crippen LogP contribution in [0.25, 0.3) is 0 Å². The standard InChI is InChI=1S/C28H33F3N2O4/c29-28(30,31)37-24-16-14-23(15-17-24)32-27(36)33-25(21-10-12-22(13-11-21)26(34)35)20-8-6-19(7-9-20)18-4-2-1-3-5-18/h10-20,25H,1-9H2,(H,34,35)(H2,32,33,36)/t19-,20-,25?. The van der Waals surface area contributed by atoms with Gasteiger partial charge in [-0.2, -0.15) is 0 Å². The second-order valence-corrected chi connectivity index (χ2v) is 10.1. The second-order valence-electron chi connectivity index (χ2n) is 10.1. The van der Waals surface area contributed by atoms with Crippen LogP contribution in [-0.4, -0.2) is 23.5 Å². The van der Waals surface area contributed by atoms with Crippen molar-refractivity contribution in [3.8, 4) is 5.75 Å². The average molecular weight is 519 g/mol. The van der Waals surface area contributed by atoms with Crippen LogP contribution < -0.4 is 15.4 Å². The van der Waals surface area contributed by atoms with E-state index in [0.29, 0.717) is 5.69 Å². The molecule has 0 bridgehead atoms. The van der Waals surface area contributed by atoms with E-state index >= 15 is 0 Å². The van der Waals surface area contributed by atoms with Crippen LogP contribution in [0.2, 0.25) is 0 Å². The third-order valence-corrected chi connectivity index (χ3v) is 7.75. The zero-order valence-electron chi connectivity index (χ0n) is 20.6. The molecule has 2 amide bonds. The van der Waals surface area contributed by atoms with Crippen molar-refractivity contribution in [3.05, 3.63) is 59.7 Å². The predicted molar refractivity (Wildman–Crippen MR) is 133 cm³/mol. The summed E-state index contributed by atoms with van der Waals surface area (Å²) in [6.07, 6.45) is 5.95. The van der Waals surface area contributed by atoms with Crippen molar-refractivity contribution < 1.29 is 32.6 Å². The Morgan fingerprint density at radius 3 is 2.00 bits per heavy atom. The Bertz CT molecular complexity index is 1040. The van der Waals surface area contributed by atoms with Gasteiger partial charge in [-0.25, -0.2) is 9.59 Å². The van der Waals surface area contributed by atoms with Crippen LogP contribution in [0.5, 0.6) is 5.75 Å². The molecule has 0 radical (unpaired) electrons. The summed E-state index contributed by atoms with van der Waals surface area (Å²) in [5.41, 5.74) is 1.33. The summed E-state index contributed by atoms with van der Waals surface area (Å²) in [4.78, 5) is 24.2. The highest BCUT2D eigenvalue weighted by molar-refractivity contribution is 5.90. The van der Waals surface area contributed by atoms with Crippen molar-refractivity contribution in [3.63, 3.8) is 0 Å². The van der Waals surface area contributed by atoms with Gasteiger partial charge in [0.25, 0.3) is 0 Å². The smallest absolute Gasteiger partial charge is 0.478 e. The number of ether oxygens (including phenoxy) is 1. The van der Waals surface area contributed by atoms with Gasteiger partial charge < -0.3 is 20.5 Å². The molecule has 0 spiro atoms. The van der Waals surface area contributed by atoms with Gasteiger partial charge >= 0.3 is 18.4 Å².